The molecule has 1 aliphatic heterocycles. The Bertz CT molecular complexity index is 1290. The van der Waals surface area contributed by atoms with Gasteiger partial charge >= 0.3 is 0 Å². The van der Waals surface area contributed by atoms with Gasteiger partial charge in [-0.25, -0.2) is 24.6 Å². The smallest absolute Gasteiger partial charge is 0.225 e. The Labute approximate surface area is 266 Å². The van der Waals surface area contributed by atoms with Crippen molar-refractivity contribution in [3.63, 3.8) is 0 Å². The number of ether oxygens (including phenoxy) is 2. The molecule has 4 heterocycles. The molecule has 3 aromatic heterocycles. The summed E-state index contributed by atoms with van der Waals surface area (Å²) >= 11 is 0. The molecule has 0 N–H and O–H groups in total. The number of carbonyl (C=O) groups excluding carboxylic acids is 2. The molecule has 1 fully saturated rings. The molecule has 3 aromatic rings. The number of Topliss-reactive ketones (excluding diaryl/α,β-unsaturated/α-hetero) is 2. The number of anilines is 2. The second-order valence-electron chi connectivity index (χ2n) is 13.0. The molecule has 0 aromatic carbocycles. The van der Waals surface area contributed by atoms with Gasteiger partial charge < -0.3 is 19.3 Å². The number of hydrogen-bond donors (Lipinski definition) is 0. The first-order valence-electron chi connectivity index (χ1n) is 15.5. The molecule has 4 rings (SSSR count). The Morgan fingerprint density at radius 1 is 0.756 bits per heavy atom. The van der Waals surface area contributed by atoms with E-state index in [0.717, 1.165) is 37.7 Å². The molecule has 0 aliphatic carbocycles. The van der Waals surface area contributed by atoms with Crippen molar-refractivity contribution in [1.29, 1.82) is 0 Å². The number of piperazine rings is 1. The van der Waals surface area contributed by atoms with E-state index in [4.69, 9.17) is 9.47 Å². The highest BCUT2D eigenvalue weighted by atomic mass is 16.5. The van der Waals surface area contributed by atoms with E-state index in [0.29, 0.717) is 57.2 Å². The van der Waals surface area contributed by atoms with Gasteiger partial charge in [0.2, 0.25) is 11.9 Å². The second kappa shape index (κ2) is 17.0. The Morgan fingerprint density at radius 3 is 1.76 bits per heavy atom. The van der Waals surface area contributed by atoms with Crippen molar-refractivity contribution in [2.75, 3.05) is 62.4 Å². The average Bonchev–Trinajstić information content (AvgIpc) is 3.57. The molecule has 1 aliphatic rings. The molecule has 0 amide bonds. The third kappa shape index (κ3) is 12.2. The Morgan fingerprint density at radius 2 is 1.29 bits per heavy atom. The van der Waals surface area contributed by atoms with E-state index in [-0.39, 0.29) is 22.5 Å². The second-order valence-corrected chi connectivity index (χ2v) is 13.0. The van der Waals surface area contributed by atoms with Crippen LogP contribution in [0.4, 0.5) is 11.9 Å². The standard InChI is InChI=1S/C26H38N6O4.C6H11N3/c1-20-16-27-24(28-17-20)31-8-10-32(11-9-31)25-29-18-21(19-30-25)22(33)6-5-12-35-14-15-36-13-7-23(34)26(2,3)4;1-6(2,3)9-5-4-7-8-9/h16-19H,5-15H2,1-4H3;4-5H,1-3H3. The minimum absolute atomic E-state index is 0.00318. The van der Waals surface area contributed by atoms with E-state index in [2.05, 4.69) is 60.8 Å². The molecule has 45 heavy (non-hydrogen) atoms. The summed E-state index contributed by atoms with van der Waals surface area (Å²) in [5, 5.41) is 7.56. The predicted molar refractivity (Wildman–Crippen MR) is 173 cm³/mol. The molecular formula is C32H49N9O4. The van der Waals surface area contributed by atoms with Crippen LogP contribution in [0.15, 0.2) is 37.2 Å². The molecule has 0 saturated carbocycles. The zero-order valence-electron chi connectivity index (χ0n) is 27.9. The van der Waals surface area contributed by atoms with Crippen LogP contribution in [-0.2, 0) is 19.8 Å². The fourth-order valence-electron chi connectivity index (χ4n) is 4.19. The fourth-order valence-corrected chi connectivity index (χ4v) is 4.19. The van der Waals surface area contributed by atoms with Gasteiger partial charge in [0.15, 0.2) is 5.78 Å². The lowest BCUT2D eigenvalue weighted by Gasteiger charge is -2.34. The van der Waals surface area contributed by atoms with Crippen molar-refractivity contribution in [2.45, 2.75) is 73.3 Å². The lowest BCUT2D eigenvalue weighted by atomic mass is 9.89. The number of hydrogen-bond acceptors (Lipinski definition) is 12. The van der Waals surface area contributed by atoms with E-state index >= 15 is 0 Å². The van der Waals surface area contributed by atoms with Crippen LogP contribution in [-0.4, -0.2) is 99.1 Å². The molecular weight excluding hydrogens is 574 g/mol. The summed E-state index contributed by atoms with van der Waals surface area (Å²) in [5.41, 5.74) is 1.29. The number of carbonyl (C=O) groups is 2. The SMILES string of the molecule is CC(C)(C)n1ccnn1.Cc1cnc(N2CCN(c3ncc(C(=O)CCCOCCOCCC(=O)C(C)(C)C)cn3)CC2)nc1. The summed E-state index contributed by atoms with van der Waals surface area (Å²) in [6.45, 7) is 18.8. The summed E-state index contributed by atoms with van der Waals surface area (Å²) in [5.74, 6) is 1.56. The third-order valence-electron chi connectivity index (χ3n) is 7.06. The summed E-state index contributed by atoms with van der Waals surface area (Å²) in [7, 11) is 0. The van der Waals surface area contributed by atoms with Crippen molar-refractivity contribution in [3.8, 4) is 0 Å². The number of ketones is 2. The van der Waals surface area contributed by atoms with Crippen LogP contribution >= 0.6 is 0 Å². The first kappa shape index (κ1) is 35.6. The quantitative estimate of drug-likeness (QED) is 0.201. The molecule has 0 unspecified atom stereocenters. The summed E-state index contributed by atoms with van der Waals surface area (Å²) in [4.78, 5) is 46.2. The van der Waals surface area contributed by atoms with E-state index in [9.17, 15) is 9.59 Å². The van der Waals surface area contributed by atoms with Gasteiger partial charge in [-0.3, -0.25) is 9.59 Å². The average molecular weight is 624 g/mol. The van der Waals surface area contributed by atoms with Crippen LogP contribution < -0.4 is 9.80 Å². The van der Waals surface area contributed by atoms with Gasteiger partial charge in [-0.15, -0.1) is 5.10 Å². The zero-order chi connectivity index (χ0) is 32.9. The van der Waals surface area contributed by atoms with Crippen LogP contribution in [0.1, 0.15) is 76.7 Å². The van der Waals surface area contributed by atoms with Gasteiger partial charge in [-0.05, 0) is 39.7 Å². The van der Waals surface area contributed by atoms with E-state index in [1.54, 1.807) is 18.6 Å². The molecule has 246 valence electrons. The first-order chi connectivity index (χ1) is 21.3. The van der Waals surface area contributed by atoms with Crippen molar-refractivity contribution < 1.29 is 19.1 Å². The van der Waals surface area contributed by atoms with Gasteiger partial charge in [0.1, 0.15) is 5.78 Å². The van der Waals surface area contributed by atoms with Gasteiger partial charge in [-0.1, -0.05) is 26.0 Å². The minimum atomic E-state index is -0.328. The fraction of sp³-hybridized carbons (Fsp3) is 0.625. The van der Waals surface area contributed by atoms with Crippen LogP contribution in [0.25, 0.3) is 0 Å². The Kier molecular flexibility index (Phi) is 13.5. The van der Waals surface area contributed by atoms with Crippen molar-refractivity contribution in [2.24, 2.45) is 5.41 Å². The van der Waals surface area contributed by atoms with Crippen LogP contribution in [0.5, 0.6) is 0 Å². The Hall–Kier alpha value is -3.84. The normalized spacial score (nSPS) is 13.8. The van der Waals surface area contributed by atoms with Gasteiger partial charge in [0.05, 0.1) is 37.1 Å². The number of aromatic nitrogens is 7. The van der Waals surface area contributed by atoms with Crippen LogP contribution in [0, 0.1) is 12.3 Å². The highest BCUT2D eigenvalue weighted by Crippen LogP contribution is 2.17. The number of rotatable bonds is 13. The van der Waals surface area contributed by atoms with Crippen LogP contribution in [0.3, 0.4) is 0 Å². The number of aryl methyl sites for hydroxylation is 1. The molecule has 1 saturated heterocycles. The van der Waals surface area contributed by atoms with Crippen molar-refractivity contribution in [1.82, 2.24) is 34.9 Å². The van der Waals surface area contributed by atoms with E-state index in [1.165, 1.54) is 0 Å². The Balaban J connectivity index is 0.000000525. The molecule has 13 nitrogen and oxygen atoms in total. The minimum Gasteiger partial charge on any atom is -0.379 e. The highest BCUT2D eigenvalue weighted by molar-refractivity contribution is 5.95. The maximum absolute atomic E-state index is 12.4. The lowest BCUT2D eigenvalue weighted by molar-refractivity contribution is -0.127. The maximum atomic E-state index is 12.4. The zero-order valence-corrected chi connectivity index (χ0v) is 27.9. The third-order valence-corrected chi connectivity index (χ3v) is 7.06. The topological polar surface area (TPSA) is 141 Å². The molecule has 0 atom stereocenters. The molecule has 0 spiro atoms. The largest absolute Gasteiger partial charge is 0.379 e. The van der Waals surface area contributed by atoms with Gasteiger partial charge in [0.25, 0.3) is 0 Å². The van der Waals surface area contributed by atoms with E-state index in [1.807, 2.05) is 51.0 Å². The monoisotopic (exact) mass is 623 g/mol. The molecule has 13 heteroatoms. The summed E-state index contributed by atoms with van der Waals surface area (Å²) < 4.78 is 12.8. The van der Waals surface area contributed by atoms with Gasteiger partial charge in [-0.2, -0.15) is 0 Å². The first-order valence-corrected chi connectivity index (χ1v) is 15.5. The molecule has 0 radical (unpaired) electrons. The van der Waals surface area contributed by atoms with Crippen molar-refractivity contribution >= 4 is 23.5 Å². The lowest BCUT2D eigenvalue weighted by Crippen LogP contribution is -2.47. The maximum Gasteiger partial charge on any atom is 0.225 e. The predicted octanol–water partition coefficient (Wildman–Crippen LogP) is 3.94. The summed E-state index contributed by atoms with van der Waals surface area (Å²) in [6.07, 6.45) is 11.8. The summed E-state index contributed by atoms with van der Waals surface area (Å²) in [6, 6.07) is 0. The van der Waals surface area contributed by atoms with Crippen LogP contribution in [0.2, 0.25) is 0 Å². The van der Waals surface area contributed by atoms with Gasteiger partial charge in [0, 0.05) is 82.0 Å². The van der Waals surface area contributed by atoms with Crippen molar-refractivity contribution in [3.05, 3.63) is 48.3 Å². The van der Waals surface area contributed by atoms with E-state index < -0.39 is 0 Å². The number of nitrogens with zero attached hydrogens (tertiary/aromatic N) is 9. The molecule has 0 bridgehead atoms. The highest BCUT2D eigenvalue weighted by Gasteiger charge is 2.22.